The van der Waals surface area contributed by atoms with Gasteiger partial charge in [-0.3, -0.25) is 9.59 Å². The van der Waals surface area contributed by atoms with Crippen molar-refractivity contribution in [1.29, 1.82) is 0 Å². The number of nitrogens with zero attached hydrogens (tertiary/aromatic N) is 3. The van der Waals surface area contributed by atoms with E-state index in [-0.39, 0.29) is 25.4 Å². The minimum absolute atomic E-state index is 0.00871. The maximum absolute atomic E-state index is 12.1. The Bertz CT molecular complexity index is 404. The van der Waals surface area contributed by atoms with Gasteiger partial charge in [-0.1, -0.05) is 0 Å². The molecule has 0 fully saturated rings. The number of thiazole rings is 1. The predicted octanol–water partition coefficient (Wildman–Crippen LogP) is 1.29. The van der Waals surface area contributed by atoms with Crippen LogP contribution in [0.25, 0.3) is 0 Å². The highest BCUT2D eigenvalue weighted by molar-refractivity contribution is 7.13. The molecule has 0 aromatic carbocycles. The molecule has 0 spiro atoms. The van der Waals surface area contributed by atoms with Crippen LogP contribution in [0.4, 0.5) is 5.13 Å². The van der Waals surface area contributed by atoms with Crippen LogP contribution in [0.3, 0.4) is 0 Å². The summed E-state index contributed by atoms with van der Waals surface area (Å²) >= 11 is 1.40. The van der Waals surface area contributed by atoms with Crippen molar-refractivity contribution >= 4 is 28.3 Å². The summed E-state index contributed by atoms with van der Waals surface area (Å²) in [7, 11) is 0. The van der Waals surface area contributed by atoms with Crippen LogP contribution < -0.4 is 4.90 Å². The lowest BCUT2D eigenvalue weighted by atomic mass is 10.3. The van der Waals surface area contributed by atoms with E-state index in [0.717, 1.165) is 0 Å². The third kappa shape index (κ3) is 4.86. The molecule has 0 atom stereocenters. The Morgan fingerprint density at radius 1 is 1.37 bits per heavy atom. The van der Waals surface area contributed by atoms with Crippen LogP contribution >= 0.6 is 11.3 Å². The molecular formula is C12H19N3O3S. The molecule has 106 valence electrons. The number of anilines is 1. The van der Waals surface area contributed by atoms with Crippen molar-refractivity contribution in [1.82, 2.24) is 9.88 Å². The molecular weight excluding hydrogens is 266 g/mol. The SMILES string of the molecule is CCN(CC)C(=O)CN(CCC(=O)O)c1nccs1. The number of carboxylic acid groups (broad SMARTS) is 1. The maximum atomic E-state index is 12.1. The Morgan fingerprint density at radius 3 is 2.53 bits per heavy atom. The van der Waals surface area contributed by atoms with Gasteiger partial charge in [0.2, 0.25) is 5.91 Å². The minimum atomic E-state index is -0.878. The van der Waals surface area contributed by atoms with Gasteiger partial charge in [0, 0.05) is 31.2 Å². The molecule has 0 radical (unpaired) electrons. The number of aromatic nitrogens is 1. The van der Waals surface area contributed by atoms with Gasteiger partial charge in [-0.25, -0.2) is 4.98 Å². The van der Waals surface area contributed by atoms with Gasteiger partial charge in [0.15, 0.2) is 5.13 Å². The maximum Gasteiger partial charge on any atom is 0.305 e. The smallest absolute Gasteiger partial charge is 0.305 e. The molecule has 1 N–H and O–H groups in total. The van der Waals surface area contributed by atoms with Crippen molar-refractivity contribution < 1.29 is 14.7 Å². The lowest BCUT2D eigenvalue weighted by Gasteiger charge is -2.25. The Morgan fingerprint density at radius 2 is 2.05 bits per heavy atom. The normalized spacial score (nSPS) is 10.2. The fraction of sp³-hybridized carbons (Fsp3) is 0.583. The summed E-state index contributed by atoms with van der Waals surface area (Å²) in [5.41, 5.74) is 0. The third-order valence-corrected chi connectivity index (χ3v) is 3.56. The van der Waals surface area contributed by atoms with Gasteiger partial charge in [-0.15, -0.1) is 11.3 Å². The van der Waals surface area contributed by atoms with E-state index in [4.69, 9.17) is 5.11 Å². The van der Waals surface area contributed by atoms with Gasteiger partial charge >= 0.3 is 5.97 Å². The number of hydrogen-bond acceptors (Lipinski definition) is 5. The van der Waals surface area contributed by atoms with Crippen molar-refractivity contribution in [3.8, 4) is 0 Å². The zero-order valence-corrected chi connectivity index (χ0v) is 12.0. The van der Waals surface area contributed by atoms with Gasteiger partial charge < -0.3 is 14.9 Å². The third-order valence-electron chi connectivity index (χ3n) is 2.73. The van der Waals surface area contributed by atoms with Crippen molar-refractivity contribution in [2.45, 2.75) is 20.3 Å². The molecule has 1 aromatic heterocycles. The summed E-state index contributed by atoms with van der Waals surface area (Å²) in [4.78, 5) is 30.3. The van der Waals surface area contributed by atoms with Crippen molar-refractivity contribution in [2.24, 2.45) is 0 Å². The highest BCUT2D eigenvalue weighted by atomic mass is 32.1. The molecule has 6 nitrogen and oxygen atoms in total. The van der Waals surface area contributed by atoms with Crippen LogP contribution in [-0.4, -0.2) is 53.0 Å². The second kappa shape index (κ2) is 7.73. The van der Waals surface area contributed by atoms with Crippen molar-refractivity contribution in [3.05, 3.63) is 11.6 Å². The topological polar surface area (TPSA) is 73.7 Å². The Kier molecular flexibility index (Phi) is 6.27. The zero-order chi connectivity index (χ0) is 14.3. The Balaban J connectivity index is 2.69. The average molecular weight is 285 g/mol. The van der Waals surface area contributed by atoms with Gasteiger partial charge in [0.1, 0.15) is 0 Å². The number of hydrogen-bond donors (Lipinski definition) is 1. The molecule has 7 heteroatoms. The van der Waals surface area contributed by atoms with Crippen LogP contribution in [-0.2, 0) is 9.59 Å². The second-order valence-electron chi connectivity index (χ2n) is 3.95. The van der Waals surface area contributed by atoms with E-state index in [1.165, 1.54) is 11.3 Å². The molecule has 0 aliphatic heterocycles. The first-order chi connectivity index (χ1) is 9.08. The second-order valence-corrected chi connectivity index (χ2v) is 4.82. The van der Waals surface area contributed by atoms with Crippen molar-refractivity contribution in [3.63, 3.8) is 0 Å². The summed E-state index contributed by atoms with van der Waals surface area (Å²) < 4.78 is 0. The van der Waals surface area contributed by atoms with Gasteiger partial charge in [0.25, 0.3) is 0 Å². The summed E-state index contributed by atoms with van der Waals surface area (Å²) in [6, 6.07) is 0. The van der Waals surface area contributed by atoms with E-state index < -0.39 is 5.97 Å². The first-order valence-electron chi connectivity index (χ1n) is 6.22. The number of rotatable bonds is 8. The lowest BCUT2D eigenvalue weighted by Crippen LogP contribution is -2.41. The van der Waals surface area contributed by atoms with E-state index in [9.17, 15) is 9.59 Å². The number of aliphatic carboxylic acids is 1. The van der Waals surface area contributed by atoms with Gasteiger partial charge in [0.05, 0.1) is 13.0 Å². The first kappa shape index (κ1) is 15.4. The minimum Gasteiger partial charge on any atom is -0.481 e. The van der Waals surface area contributed by atoms with Crippen LogP contribution in [0.5, 0.6) is 0 Å². The summed E-state index contributed by atoms with van der Waals surface area (Å²) in [5.74, 6) is -0.887. The summed E-state index contributed by atoms with van der Waals surface area (Å²) in [6.07, 6.45) is 1.64. The van der Waals surface area contributed by atoms with Crippen LogP contribution in [0, 0.1) is 0 Å². The molecule has 1 aromatic rings. The summed E-state index contributed by atoms with van der Waals surface area (Å²) in [6.45, 7) is 5.61. The predicted molar refractivity (Wildman–Crippen MR) is 74.5 cm³/mol. The van der Waals surface area contributed by atoms with E-state index in [1.54, 1.807) is 16.0 Å². The number of carbonyl (C=O) groups is 2. The molecule has 1 heterocycles. The molecule has 0 aliphatic carbocycles. The van der Waals surface area contributed by atoms with Crippen LogP contribution in [0.1, 0.15) is 20.3 Å². The molecule has 0 aliphatic rings. The molecule has 19 heavy (non-hydrogen) atoms. The van der Waals surface area contributed by atoms with Crippen LogP contribution in [0.2, 0.25) is 0 Å². The summed E-state index contributed by atoms with van der Waals surface area (Å²) in [5, 5.41) is 11.2. The van der Waals surface area contributed by atoms with Gasteiger partial charge in [-0.05, 0) is 13.8 Å². The molecule has 0 saturated heterocycles. The monoisotopic (exact) mass is 285 g/mol. The number of likely N-dealkylation sites (N-methyl/N-ethyl adjacent to an activating group) is 1. The highest BCUT2D eigenvalue weighted by Crippen LogP contribution is 2.17. The Hall–Kier alpha value is -1.63. The number of carboxylic acids is 1. The van der Waals surface area contributed by atoms with Crippen molar-refractivity contribution in [2.75, 3.05) is 31.1 Å². The largest absolute Gasteiger partial charge is 0.481 e. The highest BCUT2D eigenvalue weighted by Gasteiger charge is 2.18. The zero-order valence-electron chi connectivity index (χ0n) is 11.2. The van der Waals surface area contributed by atoms with E-state index in [1.807, 2.05) is 19.2 Å². The van der Waals surface area contributed by atoms with E-state index in [2.05, 4.69) is 4.98 Å². The fourth-order valence-electron chi connectivity index (χ4n) is 1.68. The Labute approximate surface area is 116 Å². The molecule has 0 bridgehead atoms. The molecule has 1 amide bonds. The van der Waals surface area contributed by atoms with Crippen LogP contribution in [0.15, 0.2) is 11.6 Å². The standard InChI is InChI=1S/C12H19N3O3S/c1-3-14(4-2)10(16)9-15(7-5-11(17)18)12-13-6-8-19-12/h6,8H,3-5,7,9H2,1-2H3,(H,17,18). The fourth-order valence-corrected chi connectivity index (χ4v) is 2.35. The first-order valence-corrected chi connectivity index (χ1v) is 7.10. The number of amides is 1. The molecule has 1 rings (SSSR count). The quantitative estimate of drug-likeness (QED) is 0.779. The van der Waals surface area contributed by atoms with E-state index >= 15 is 0 Å². The molecule has 0 unspecified atom stereocenters. The average Bonchev–Trinajstić information content (AvgIpc) is 2.89. The number of carbonyl (C=O) groups excluding carboxylic acids is 1. The van der Waals surface area contributed by atoms with E-state index in [0.29, 0.717) is 18.2 Å². The molecule has 0 saturated carbocycles. The lowest BCUT2D eigenvalue weighted by molar-refractivity contribution is -0.137. The van der Waals surface area contributed by atoms with Gasteiger partial charge in [-0.2, -0.15) is 0 Å².